The van der Waals surface area contributed by atoms with Crippen molar-refractivity contribution in [1.29, 1.82) is 0 Å². The van der Waals surface area contributed by atoms with E-state index in [1.807, 2.05) is 19.1 Å². The van der Waals surface area contributed by atoms with Crippen LogP contribution >= 0.6 is 0 Å². The third kappa shape index (κ3) is 4.49. The lowest BCUT2D eigenvalue weighted by molar-refractivity contribution is -0.0660. The molecule has 2 aliphatic heterocycles. The molecule has 1 N–H and O–H groups in total. The Bertz CT molecular complexity index is 1120. The van der Waals surface area contributed by atoms with E-state index >= 15 is 0 Å². The molecule has 2 aromatic carbocycles. The van der Waals surface area contributed by atoms with E-state index in [0.717, 1.165) is 68.1 Å². The molecule has 5 rings (SSSR count). The molecule has 0 bridgehead atoms. The molecule has 3 heterocycles. The van der Waals surface area contributed by atoms with Gasteiger partial charge in [-0.05, 0) is 36.8 Å². The highest BCUT2D eigenvalue weighted by molar-refractivity contribution is 5.71. The Kier molecular flexibility index (Phi) is 5.86. The first-order valence-corrected chi connectivity index (χ1v) is 10.9. The molecule has 2 saturated heterocycles. The van der Waals surface area contributed by atoms with E-state index in [0.29, 0.717) is 12.0 Å². The van der Waals surface area contributed by atoms with Gasteiger partial charge >= 0.3 is 0 Å². The van der Waals surface area contributed by atoms with Crippen LogP contribution in [0.5, 0.6) is 5.75 Å². The summed E-state index contributed by atoms with van der Waals surface area (Å²) < 4.78 is 39.5. The summed E-state index contributed by atoms with van der Waals surface area (Å²) in [6.45, 7) is 7.39. The first-order valence-electron chi connectivity index (χ1n) is 10.9. The number of nitrogens with zero attached hydrogens (tertiary/aromatic N) is 5. The first-order chi connectivity index (χ1) is 16.0. The number of ether oxygens (including phenoxy) is 2. The summed E-state index contributed by atoms with van der Waals surface area (Å²) in [5, 5.41) is 7.52. The fourth-order valence-corrected chi connectivity index (χ4v) is 4.34. The Labute approximate surface area is 190 Å². The molecule has 0 saturated carbocycles. The van der Waals surface area contributed by atoms with Gasteiger partial charge in [0.05, 0.1) is 37.7 Å². The lowest BCUT2D eigenvalue weighted by Gasteiger charge is -2.43. The van der Waals surface area contributed by atoms with Gasteiger partial charge in [-0.15, -0.1) is 5.10 Å². The molecule has 3 aromatic rings. The van der Waals surface area contributed by atoms with Crippen LogP contribution in [0.15, 0.2) is 36.7 Å². The van der Waals surface area contributed by atoms with Gasteiger partial charge in [-0.3, -0.25) is 4.90 Å². The Hall–Kier alpha value is -3.24. The van der Waals surface area contributed by atoms with Gasteiger partial charge in [0.25, 0.3) is 0 Å². The van der Waals surface area contributed by atoms with Crippen LogP contribution in [0.2, 0.25) is 0 Å². The number of rotatable bonds is 6. The predicted molar refractivity (Wildman–Crippen MR) is 121 cm³/mol. The second-order valence-electron chi connectivity index (χ2n) is 8.33. The molecular weight excluding hydrogens is 430 g/mol. The van der Waals surface area contributed by atoms with E-state index in [1.165, 1.54) is 23.1 Å². The normalized spacial score (nSPS) is 17.2. The lowest BCUT2D eigenvalue weighted by atomic mass is 10.1. The molecule has 33 heavy (non-hydrogen) atoms. The van der Waals surface area contributed by atoms with E-state index in [-0.39, 0.29) is 5.69 Å². The van der Waals surface area contributed by atoms with E-state index in [4.69, 9.17) is 9.47 Å². The van der Waals surface area contributed by atoms with Crippen molar-refractivity contribution in [2.45, 2.75) is 13.0 Å². The second kappa shape index (κ2) is 8.95. The summed E-state index contributed by atoms with van der Waals surface area (Å²) in [5.41, 5.74) is 3.06. The fourth-order valence-electron chi connectivity index (χ4n) is 4.34. The smallest absolute Gasteiger partial charge is 0.246 e. The highest BCUT2D eigenvalue weighted by Gasteiger charge is 2.30. The fraction of sp³-hybridized carbons (Fsp3) is 0.391. The molecule has 0 aliphatic carbocycles. The SMILES string of the molecule is COc1c(C)cc(Nc2ncn(-c3cc(F)cc(F)c3)n2)cc1N1CCN(C2COC2)CC1. The Morgan fingerprint density at radius 2 is 1.76 bits per heavy atom. The highest BCUT2D eigenvalue weighted by atomic mass is 19.1. The van der Waals surface area contributed by atoms with Crippen molar-refractivity contribution >= 4 is 17.3 Å². The largest absolute Gasteiger partial charge is 0.494 e. The minimum atomic E-state index is -0.671. The number of hydrogen-bond acceptors (Lipinski definition) is 7. The Balaban J connectivity index is 1.35. The van der Waals surface area contributed by atoms with Gasteiger partial charge < -0.3 is 19.7 Å². The predicted octanol–water partition coefficient (Wildman–Crippen LogP) is 3.13. The molecule has 8 nitrogen and oxygen atoms in total. The zero-order valence-corrected chi connectivity index (χ0v) is 18.6. The minimum absolute atomic E-state index is 0.259. The van der Waals surface area contributed by atoms with Gasteiger partial charge in [-0.1, -0.05) is 0 Å². The number of methoxy groups -OCH3 is 1. The van der Waals surface area contributed by atoms with Gasteiger partial charge in [0.15, 0.2) is 0 Å². The first kappa shape index (κ1) is 21.6. The molecule has 0 amide bonds. The molecule has 1 aromatic heterocycles. The van der Waals surface area contributed by atoms with Crippen LogP contribution in [0.1, 0.15) is 5.56 Å². The number of aromatic nitrogens is 3. The average Bonchev–Trinajstić information content (AvgIpc) is 3.20. The Morgan fingerprint density at radius 1 is 1.03 bits per heavy atom. The average molecular weight is 456 g/mol. The van der Waals surface area contributed by atoms with Gasteiger partial charge in [-0.25, -0.2) is 13.5 Å². The Morgan fingerprint density at radius 3 is 2.39 bits per heavy atom. The molecule has 10 heteroatoms. The van der Waals surface area contributed by atoms with Crippen LogP contribution in [-0.4, -0.2) is 72.2 Å². The molecule has 2 fully saturated rings. The number of anilines is 3. The number of halogens is 2. The van der Waals surface area contributed by atoms with Crippen LogP contribution < -0.4 is 15.0 Å². The number of piperazine rings is 1. The van der Waals surface area contributed by atoms with Crippen LogP contribution in [0.3, 0.4) is 0 Å². The summed E-state index contributed by atoms with van der Waals surface area (Å²) in [5.74, 6) is -0.176. The summed E-state index contributed by atoms with van der Waals surface area (Å²) in [4.78, 5) is 9.05. The monoisotopic (exact) mass is 456 g/mol. The topological polar surface area (TPSA) is 67.7 Å². The zero-order valence-electron chi connectivity index (χ0n) is 18.6. The number of aryl methyl sites for hydroxylation is 1. The van der Waals surface area contributed by atoms with Crippen molar-refractivity contribution in [3.63, 3.8) is 0 Å². The standard InChI is InChI=1S/C23H26F2N6O2/c1-15-7-18(27-23-26-14-31(28-23)19-9-16(24)8-17(25)10-19)11-21(22(15)32-2)30-5-3-29(4-6-30)20-12-33-13-20/h7-11,14,20H,3-6,12-13H2,1-2H3,(H,27,28). The van der Waals surface area contributed by atoms with Crippen LogP contribution in [0, 0.1) is 18.6 Å². The molecule has 2 aliphatic rings. The highest BCUT2D eigenvalue weighted by Crippen LogP contribution is 2.36. The number of hydrogen-bond donors (Lipinski definition) is 1. The minimum Gasteiger partial charge on any atom is -0.494 e. The summed E-state index contributed by atoms with van der Waals surface area (Å²) in [7, 11) is 1.68. The summed E-state index contributed by atoms with van der Waals surface area (Å²) in [6, 6.07) is 7.75. The van der Waals surface area contributed by atoms with Crippen molar-refractivity contribution in [2.75, 3.05) is 56.7 Å². The maximum Gasteiger partial charge on any atom is 0.246 e. The van der Waals surface area contributed by atoms with Crippen molar-refractivity contribution in [1.82, 2.24) is 19.7 Å². The number of benzene rings is 2. The van der Waals surface area contributed by atoms with Crippen molar-refractivity contribution in [3.8, 4) is 11.4 Å². The molecular formula is C23H26F2N6O2. The molecule has 0 unspecified atom stereocenters. The molecule has 0 radical (unpaired) electrons. The zero-order chi connectivity index (χ0) is 22.9. The van der Waals surface area contributed by atoms with Crippen LogP contribution in [-0.2, 0) is 4.74 Å². The second-order valence-corrected chi connectivity index (χ2v) is 8.33. The summed E-state index contributed by atoms with van der Waals surface area (Å²) in [6.07, 6.45) is 1.41. The van der Waals surface area contributed by atoms with Crippen molar-refractivity contribution in [2.24, 2.45) is 0 Å². The van der Waals surface area contributed by atoms with Crippen LogP contribution in [0.25, 0.3) is 5.69 Å². The van der Waals surface area contributed by atoms with E-state index in [9.17, 15) is 8.78 Å². The quantitative estimate of drug-likeness (QED) is 0.611. The van der Waals surface area contributed by atoms with Gasteiger partial charge in [0.2, 0.25) is 5.95 Å². The summed E-state index contributed by atoms with van der Waals surface area (Å²) >= 11 is 0. The van der Waals surface area contributed by atoms with Gasteiger partial charge in [-0.2, -0.15) is 4.98 Å². The van der Waals surface area contributed by atoms with E-state index in [2.05, 4.69) is 25.2 Å². The van der Waals surface area contributed by atoms with Crippen molar-refractivity contribution < 1.29 is 18.3 Å². The number of nitrogens with one attached hydrogen (secondary N) is 1. The third-order valence-corrected chi connectivity index (χ3v) is 6.11. The molecule has 174 valence electrons. The third-order valence-electron chi connectivity index (χ3n) is 6.11. The van der Waals surface area contributed by atoms with Crippen molar-refractivity contribution in [3.05, 3.63) is 53.9 Å². The van der Waals surface area contributed by atoms with Gasteiger partial charge in [0.1, 0.15) is 23.7 Å². The van der Waals surface area contributed by atoms with E-state index < -0.39 is 11.6 Å². The molecule has 0 spiro atoms. The van der Waals surface area contributed by atoms with E-state index in [1.54, 1.807) is 7.11 Å². The van der Waals surface area contributed by atoms with Crippen LogP contribution in [0.4, 0.5) is 26.1 Å². The maximum atomic E-state index is 13.6. The lowest BCUT2D eigenvalue weighted by Crippen LogP contribution is -2.56. The molecule has 0 atom stereocenters. The van der Waals surface area contributed by atoms with Gasteiger partial charge in [0, 0.05) is 37.9 Å². The maximum absolute atomic E-state index is 13.6.